The van der Waals surface area contributed by atoms with Crippen molar-refractivity contribution >= 4 is 17.4 Å². The van der Waals surface area contributed by atoms with Crippen molar-refractivity contribution in [1.29, 1.82) is 0 Å². The summed E-state index contributed by atoms with van der Waals surface area (Å²) in [6, 6.07) is 17.9. The van der Waals surface area contributed by atoms with Gasteiger partial charge in [0.25, 0.3) is 5.56 Å². The lowest BCUT2D eigenvalue weighted by Gasteiger charge is -2.11. The number of halogens is 1. The third-order valence-corrected chi connectivity index (χ3v) is 4.26. The molecule has 0 saturated carbocycles. The molecule has 3 aromatic rings. The van der Waals surface area contributed by atoms with E-state index in [-0.39, 0.29) is 29.4 Å². The molecule has 0 spiro atoms. The van der Waals surface area contributed by atoms with Gasteiger partial charge in [-0.05, 0) is 23.6 Å². The first-order chi connectivity index (χ1) is 12.0. The molecule has 0 aliphatic rings. The summed E-state index contributed by atoms with van der Waals surface area (Å²) in [6.45, 7) is 1.96. The minimum absolute atomic E-state index is 0.00558. The highest BCUT2D eigenvalue weighted by Crippen LogP contribution is 2.23. The van der Waals surface area contributed by atoms with E-state index in [0.29, 0.717) is 10.8 Å². The molecule has 0 amide bonds. The van der Waals surface area contributed by atoms with E-state index in [0.717, 1.165) is 11.1 Å². The van der Waals surface area contributed by atoms with Crippen LogP contribution < -0.4 is 5.56 Å². The van der Waals surface area contributed by atoms with Gasteiger partial charge in [0.1, 0.15) is 11.5 Å². The highest BCUT2D eigenvalue weighted by molar-refractivity contribution is 6.30. The first-order valence-corrected chi connectivity index (χ1v) is 8.36. The zero-order valence-electron chi connectivity index (χ0n) is 13.7. The van der Waals surface area contributed by atoms with Gasteiger partial charge in [0, 0.05) is 23.1 Å². The monoisotopic (exact) mass is 352 g/mol. The molecule has 126 valence electrons. The lowest BCUT2D eigenvalue weighted by molar-refractivity contribution is 0.0970. The minimum atomic E-state index is -0.337. The molecular weight excluding hydrogens is 336 g/mol. The van der Waals surface area contributed by atoms with Crippen molar-refractivity contribution in [1.82, 2.24) is 9.97 Å². The first-order valence-electron chi connectivity index (χ1n) is 7.98. The Labute approximate surface area is 150 Å². The zero-order chi connectivity index (χ0) is 17.8. The Balaban J connectivity index is 1.83. The number of nitrogens with zero attached hydrogens (tertiary/aromatic N) is 1. The Hall–Kier alpha value is -2.72. The minimum Gasteiger partial charge on any atom is -0.306 e. The smallest absolute Gasteiger partial charge is 0.251 e. The molecule has 5 heteroatoms. The summed E-state index contributed by atoms with van der Waals surface area (Å²) >= 11 is 5.90. The van der Waals surface area contributed by atoms with Crippen molar-refractivity contribution < 1.29 is 4.79 Å². The highest BCUT2D eigenvalue weighted by atomic mass is 35.5. The molecule has 0 bridgehead atoms. The Morgan fingerprint density at radius 3 is 2.48 bits per heavy atom. The molecule has 1 heterocycles. The third kappa shape index (κ3) is 4.22. The second kappa shape index (κ2) is 7.45. The molecule has 0 unspecified atom stereocenters. The van der Waals surface area contributed by atoms with Gasteiger partial charge in [-0.1, -0.05) is 61.0 Å². The van der Waals surface area contributed by atoms with Crippen molar-refractivity contribution in [2.45, 2.75) is 19.3 Å². The van der Waals surface area contributed by atoms with Crippen LogP contribution in [0.15, 0.2) is 65.5 Å². The van der Waals surface area contributed by atoms with Crippen LogP contribution in [0.3, 0.4) is 0 Å². The summed E-state index contributed by atoms with van der Waals surface area (Å²) in [4.78, 5) is 31.5. The van der Waals surface area contributed by atoms with E-state index in [9.17, 15) is 9.59 Å². The molecule has 1 atom stereocenters. The summed E-state index contributed by atoms with van der Waals surface area (Å²) in [5.74, 6) is 0.243. The standard InChI is InChI=1S/C20H17ClN2O2/c1-13(14-7-9-16(21)10-8-14)11-18(24)17-12-19(25)23-20(22-17)15-5-3-2-4-6-15/h2-10,12-13H,11H2,1H3,(H,22,23,25)/t13-/m1/s1. The number of H-pyrrole nitrogens is 1. The Bertz CT molecular complexity index is 934. The van der Waals surface area contributed by atoms with E-state index < -0.39 is 0 Å². The molecule has 0 fully saturated rings. The van der Waals surface area contributed by atoms with E-state index >= 15 is 0 Å². The normalized spacial score (nSPS) is 11.9. The zero-order valence-corrected chi connectivity index (χ0v) is 14.5. The lowest BCUT2D eigenvalue weighted by atomic mass is 9.95. The van der Waals surface area contributed by atoms with Crippen LogP contribution in [0.2, 0.25) is 5.02 Å². The number of Topliss-reactive ketones (excluding diaryl/α,β-unsaturated/α-hetero) is 1. The molecule has 4 nitrogen and oxygen atoms in total. The third-order valence-electron chi connectivity index (χ3n) is 4.01. The van der Waals surface area contributed by atoms with E-state index in [1.54, 1.807) is 12.1 Å². The van der Waals surface area contributed by atoms with Crippen molar-refractivity contribution in [3.8, 4) is 11.4 Å². The average molecular weight is 353 g/mol. The van der Waals surface area contributed by atoms with E-state index in [2.05, 4.69) is 9.97 Å². The summed E-state index contributed by atoms with van der Waals surface area (Å²) in [5.41, 5.74) is 1.63. The molecular formula is C20H17ClN2O2. The second-order valence-corrected chi connectivity index (χ2v) is 6.36. The van der Waals surface area contributed by atoms with Crippen molar-refractivity contribution in [3.63, 3.8) is 0 Å². The quantitative estimate of drug-likeness (QED) is 0.689. The van der Waals surface area contributed by atoms with Crippen LogP contribution >= 0.6 is 11.6 Å². The fourth-order valence-electron chi connectivity index (χ4n) is 2.63. The first kappa shape index (κ1) is 17.1. The highest BCUT2D eigenvalue weighted by Gasteiger charge is 2.16. The topological polar surface area (TPSA) is 62.8 Å². The van der Waals surface area contributed by atoms with E-state index in [1.165, 1.54) is 6.07 Å². The summed E-state index contributed by atoms with van der Waals surface area (Å²) in [5, 5.41) is 0.658. The maximum Gasteiger partial charge on any atom is 0.251 e. The molecule has 3 rings (SSSR count). The Morgan fingerprint density at radius 2 is 1.80 bits per heavy atom. The summed E-state index contributed by atoms with van der Waals surface area (Å²) in [7, 11) is 0. The van der Waals surface area contributed by atoms with Crippen LogP contribution in [0, 0.1) is 0 Å². The van der Waals surface area contributed by atoms with Crippen LogP contribution in [0.5, 0.6) is 0 Å². The number of aromatic amines is 1. The molecule has 0 saturated heterocycles. The average Bonchev–Trinajstić information content (AvgIpc) is 2.62. The number of nitrogens with one attached hydrogen (secondary N) is 1. The molecule has 25 heavy (non-hydrogen) atoms. The number of carbonyl (C=O) groups is 1. The van der Waals surface area contributed by atoms with E-state index in [4.69, 9.17) is 11.6 Å². The predicted octanol–water partition coefficient (Wildman–Crippen LogP) is 4.47. The van der Waals surface area contributed by atoms with Crippen LogP contribution in [0.1, 0.15) is 35.3 Å². The maximum absolute atomic E-state index is 12.6. The predicted molar refractivity (Wildman–Crippen MR) is 99.1 cm³/mol. The van der Waals surface area contributed by atoms with Gasteiger partial charge in [-0.15, -0.1) is 0 Å². The van der Waals surface area contributed by atoms with Gasteiger partial charge in [0.05, 0.1) is 0 Å². The molecule has 0 aliphatic carbocycles. The van der Waals surface area contributed by atoms with Crippen LogP contribution in [0.25, 0.3) is 11.4 Å². The number of aromatic nitrogens is 2. The molecule has 1 aromatic heterocycles. The second-order valence-electron chi connectivity index (χ2n) is 5.93. The molecule has 2 aromatic carbocycles. The number of benzene rings is 2. The molecule has 1 N–H and O–H groups in total. The van der Waals surface area contributed by atoms with Gasteiger partial charge in [-0.25, -0.2) is 4.98 Å². The fourth-order valence-corrected chi connectivity index (χ4v) is 2.75. The van der Waals surface area contributed by atoms with Crippen molar-refractivity contribution in [2.75, 3.05) is 0 Å². The van der Waals surface area contributed by atoms with Crippen LogP contribution in [-0.2, 0) is 0 Å². The fraction of sp³-hybridized carbons (Fsp3) is 0.150. The van der Waals surface area contributed by atoms with Gasteiger partial charge in [-0.3, -0.25) is 9.59 Å². The van der Waals surface area contributed by atoms with Gasteiger partial charge < -0.3 is 4.98 Å². The number of ketones is 1. The van der Waals surface area contributed by atoms with Gasteiger partial charge >= 0.3 is 0 Å². The van der Waals surface area contributed by atoms with Gasteiger partial charge in [0.2, 0.25) is 0 Å². The van der Waals surface area contributed by atoms with Crippen molar-refractivity contribution in [3.05, 3.63) is 87.3 Å². The lowest BCUT2D eigenvalue weighted by Crippen LogP contribution is -2.15. The van der Waals surface area contributed by atoms with Crippen molar-refractivity contribution in [2.24, 2.45) is 0 Å². The SMILES string of the molecule is C[C@H](CC(=O)c1cc(=O)[nH]c(-c2ccccc2)n1)c1ccc(Cl)cc1. The van der Waals surface area contributed by atoms with Gasteiger partial charge in [-0.2, -0.15) is 0 Å². The number of hydrogen-bond acceptors (Lipinski definition) is 3. The van der Waals surface area contributed by atoms with Crippen LogP contribution in [-0.4, -0.2) is 15.8 Å². The largest absolute Gasteiger partial charge is 0.306 e. The Morgan fingerprint density at radius 1 is 1.12 bits per heavy atom. The number of carbonyl (C=O) groups excluding carboxylic acids is 1. The number of rotatable bonds is 5. The Kier molecular flexibility index (Phi) is 5.10. The molecule has 0 aliphatic heterocycles. The van der Waals surface area contributed by atoms with Gasteiger partial charge in [0.15, 0.2) is 5.78 Å². The molecule has 0 radical (unpaired) electrons. The van der Waals surface area contributed by atoms with E-state index in [1.807, 2.05) is 49.4 Å². The summed E-state index contributed by atoms with van der Waals surface area (Å²) < 4.78 is 0. The summed E-state index contributed by atoms with van der Waals surface area (Å²) in [6.07, 6.45) is 0.270. The van der Waals surface area contributed by atoms with Crippen LogP contribution in [0.4, 0.5) is 0 Å². The maximum atomic E-state index is 12.6. The number of hydrogen-bond donors (Lipinski definition) is 1.